The van der Waals surface area contributed by atoms with Crippen LogP contribution < -0.4 is 5.56 Å². The van der Waals surface area contributed by atoms with E-state index in [1.54, 1.807) is 16.8 Å². The summed E-state index contributed by atoms with van der Waals surface area (Å²) in [5, 5.41) is 0. The molecule has 1 aromatic carbocycles. The molecule has 0 amide bonds. The lowest BCUT2D eigenvalue weighted by Gasteiger charge is -2.19. The molecule has 0 saturated carbocycles. The molecule has 2 nitrogen and oxygen atoms in total. The van der Waals surface area contributed by atoms with Crippen LogP contribution in [0.15, 0.2) is 51.9 Å². The minimum atomic E-state index is -0.0407. The van der Waals surface area contributed by atoms with Crippen molar-refractivity contribution in [2.75, 3.05) is 0 Å². The van der Waals surface area contributed by atoms with Gasteiger partial charge in [0, 0.05) is 11.9 Å². The van der Waals surface area contributed by atoms with Gasteiger partial charge < -0.3 is 0 Å². The summed E-state index contributed by atoms with van der Waals surface area (Å²) in [6, 6.07) is 11.7. The number of hydrogen-bond acceptors (Lipinski definition) is 1. The molecule has 0 aliphatic carbocycles. The maximum Gasteiger partial charge on any atom is 0.269 e. The number of pyridine rings is 1. The first kappa shape index (κ1) is 13.1. The Labute approximate surface area is 115 Å². The van der Waals surface area contributed by atoms with Crippen LogP contribution in [-0.2, 0) is 5.41 Å². The fourth-order valence-electron chi connectivity index (χ4n) is 1.79. The van der Waals surface area contributed by atoms with Crippen molar-refractivity contribution in [1.82, 2.24) is 4.57 Å². The SMILES string of the molecule is CC(C)(C)c1ccc(-n2cccc(Br)c2=O)cc1. The van der Waals surface area contributed by atoms with Crippen LogP contribution in [-0.4, -0.2) is 4.57 Å². The Hall–Kier alpha value is -1.35. The molecule has 0 fully saturated rings. The predicted molar refractivity (Wildman–Crippen MR) is 78.4 cm³/mol. The maximum absolute atomic E-state index is 12.0. The van der Waals surface area contributed by atoms with E-state index in [1.807, 2.05) is 18.2 Å². The molecule has 2 aromatic rings. The van der Waals surface area contributed by atoms with Gasteiger partial charge in [0.15, 0.2) is 0 Å². The Morgan fingerprint density at radius 2 is 1.67 bits per heavy atom. The highest BCUT2D eigenvalue weighted by molar-refractivity contribution is 9.10. The molecule has 0 unspecified atom stereocenters. The highest BCUT2D eigenvalue weighted by atomic mass is 79.9. The monoisotopic (exact) mass is 305 g/mol. The van der Waals surface area contributed by atoms with Gasteiger partial charge in [-0.3, -0.25) is 9.36 Å². The van der Waals surface area contributed by atoms with E-state index in [4.69, 9.17) is 0 Å². The van der Waals surface area contributed by atoms with Crippen LogP contribution >= 0.6 is 15.9 Å². The molecule has 0 saturated heterocycles. The minimum Gasteiger partial charge on any atom is -0.283 e. The predicted octanol–water partition coefficient (Wildman–Crippen LogP) is 3.90. The molecular formula is C15H16BrNO. The quantitative estimate of drug-likeness (QED) is 0.783. The van der Waals surface area contributed by atoms with E-state index in [9.17, 15) is 4.79 Å². The van der Waals surface area contributed by atoms with E-state index in [-0.39, 0.29) is 11.0 Å². The number of aromatic nitrogens is 1. The molecular weight excluding hydrogens is 290 g/mol. The minimum absolute atomic E-state index is 0.0407. The largest absolute Gasteiger partial charge is 0.283 e. The average Bonchev–Trinajstić information content (AvgIpc) is 2.32. The van der Waals surface area contributed by atoms with Crippen molar-refractivity contribution in [1.29, 1.82) is 0 Å². The lowest BCUT2D eigenvalue weighted by Crippen LogP contribution is -2.18. The normalized spacial score (nSPS) is 11.6. The summed E-state index contributed by atoms with van der Waals surface area (Å²) < 4.78 is 2.21. The van der Waals surface area contributed by atoms with E-state index >= 15 is 0 Å². The summed E-state index contributed by atoms with van der Waals surface area (Å²) in [7, 11) is 0. The zero-order chi connectivity index (χ0) is 13.3. The zero-order valence-electron chi connectivity index (χ0n) is 10.8. The average molecular weight is 306 g/mol. The van der Waals surface area contributed by atoms with Crippen molar-refractivity contribution in [2.45, 2.75) is 26.2 Å². The smallest absolute Gasteiger partial charge is 0.269 e. The Morgan fingerprint density at radius 3 is 2.22 bits per heavy atom. The summed E-state index contributed by atoms with van der Waals surface area (Å²) in [5.41, 5.74) is 2.23. The van der Waals surface area contributed by atoms with Crippen molar-refractivity contribution in [2.24, 2.45) is 0 Å². The lowest BCUT2D eigenvalue weighted by molar-refractivity contribution is 0.590. The second-order valence-corrected chi connectivity index (χ2v) is 6.18. The first-order valence-corrected chi connectivity index (χ1v) is 6.67. The van der Waals surface area contributed by atoms with Gasteiger partial charge in [-0.2, -0.15) is 0 Å². The summed E-state index contributed by atoms with van der Waals surface area (Å²) in [4.78, 5) is 12.0. The van der Waals surface area contributed by atoms with Crippen molar-refractivity contribution in [3.8, 4) is 5.69 Å². The molecule has 0 N–H and O–H groups in total. The molecule has 1 heterocycles. The van der Waals surface area contributed by atoms with Crippen molar-refractivity contribution >= 4 is 15.9 Å². The molecule has 0 aliphatic rings. The fourth-order valence-corrected chi connectivity index (χ4v) is 2.14. The molecule has 94 valence electrons. The third kappa shape index (κ3) is 2.56. The molecule has 0 aliphatic heterocycles. The highest BCUT2D eigenvalue weighted by Gasteiger charge is 2.13. The first-order valence-electron chi connectivity index (χ1n) is 5.88. The summed E-state index contributed by atoms with van der Waals surface area (Å²) in [6.07, 6.45) is 1.78. The first-order chi connectivity index (χ1) is 8.39. The number of rotatable bonds is 1. The van der Waals surface area contributed by atoms with Crippen LogP contribution in [0.2, 0.25) is 0 Å². The van der Waals surface area contributed by atoms with E-state index in [0.29, 0.717) is 4.47 Å². The van der Waals surface area contributed by atoms with Crippen LogP contribution in [0.3, 0.4) is 0 Å². The molecule has 0 radical (unpaired) electrons. The van der Waals surface area contributed by atoms with Crippen LogP contribution in [0.25, 0.3) is 5.69 Å². The third-order valence-corrected chi connectivity index (χ3v) is 3.52. The van der Waals surface area contributed by atoms with Gasteiger partial charge in [-0.1, -0.05) is 32.9 Å². The third-order valence-electron chi connectivity index (χ3n) is 2.91. The van der Waals surface area contributed by atoms with Crippen LogP contribution in [0.4, 0.5) is 0 Å². The van der Waals surface area contributed by atoms with E-state index < -0.39 is 0 Å². The van der Waals surface area contributed by atoms with Gasteiger partial charge in [0.05, 0.1) is 4.47 Å². The van der Waals surface area contributed by atoms with Crippen molar-refractivity contribution < 1.29 is 0 Å². The molecule has 2 rings (SSSR count). The van der Waals surface area contributed by atoms with Gasteiger partial charge >= 0.3 is 0 Å². The number of halogens is 1. The molecule has 0 atom stereocenters. The van der Waals surface area contributed by atoms with Gasteiger partial charge in [0.1, 0.15) is 0 Å². The number of nitrogens with zero attached hydrogens (tertiary/aromatic N) is 1. The molecule has 18 heavy (non-hydrogen) atoms. The number of benzene rings is 1. The maximum atomic E-state index is 12.0. The number of hydrogen-bond donors (Lipinski definition) is 0. The van der Waals surface area contributed by atoms with Crippen LogP contribution in [0, 0.1) is 0 Å². The van der Waals surface area contributed by atoms with Crippen molar-refractivity contribution in [3.63, 3.8) is 0 Å². The molecule has 0 spiro atoms. The van der Waals surface area contributed by atoms with E-state index in [1.165, 1.54) is 5.56 Å². The molecule has 0 bridgehead atoms. The zero-order valence-corrected chi connectivity index (χ0v) is 12.4. The molecule has 1 aromatic heterocycles. The Bertz CT molecular complexity index is 606. The summed E-state index contributed by atoms with van der Waals surface area (Å²) >= 11 is 3.26. The van der Waals surface area contributed by atoms with Crippen molar-refractivity contribution in [3.05, 3.63) is 63.0 Å². The van der Waals surface area contributed by atoms with Gasteiger partial charge in [0.2, 0.25) is 0 Å². The second kappa shape index (κ2) is 4.73. The van der Waals surface area contributed by atoms with E-state index in [2.05, 4.69) is 48.8 Å². The Balaban J connectivity index is 2.47. The standard InChI is InChI=1S/C15H16BrNO/c1-15(2,3)11-6-8-12(9-7-11)17-10-4-5-13(16)14(17)18/h4-10H,1-3H3. The topological polar surface area (TPSA) is 22.0 Å². The van der Waals surface area contributed by atoms with Gasteiger partial charge in [0.25, 0.3) is 5.56 Å². The van der Waals surface area contributed by atoms with Gasteiger partial charge in [-0.05, 0) is 51.2 Å². The summed E-state index contributed by atoms with van der Waals surface area (Å²) in [5.74, 6) is 0. The van der Waals surface area contributed by atoms with E-state index in [0.717, 1.165) is 5.69 Å². The van der Waals surface area contributed by atoms with Crippen LogP contribution in [0.5, 0.6) is 0 Å². The van der Waals surface area contributed by atoms with Gasteiger partial charge in [-0.25, -0.2) is 0 Å². The van der Waals surface area contributed by atoms with Gasteiger partial charge in [-0.15, -0.1) is 0 Å². The Kier molecular flexibility index (Phi) is 3.44. The lowest BCUT2D eigenvalue weighted by atomic mass is 9.87. The second-order valence-electron chi connectivity index (χ2n) is 5.33. The molecule has 3 heteroatoms. The highest BCUT2D eigenvalue weighted by Crippen LogP contribution is 2.22. The fraction of sp³-hybridized carbons (Fsp3) is 0.267. The summed E-state index contributed by atoms with van der Waals surface area (Å²) in [6.45, 7) is 6.52. The van der Waals surface area contributed by atoms with Crippen LogP contribution in [0.1, 0.15) is 26.3 Å². The Morgan fingerprint density at radius 1 is 1.06 bits per heavy atom.